The molecule has 0 aromatic heterocycles. The molecule has 9 heteroatoms. The van der Waals surface area contributed by atoms with Crippen LogP contribution >= 0.6 is 0 Å². The molecule has 0 unspecified atom stereocenters. The number of hydrogen-bond acceptors (Lipinski definition) is 9. The van der Waals surface area contributed by atoms with E-state index in [-0.39, 0.29) is 25.8 Å². The second-order valence-corrected chi connectivity index (χ2v) is 6.25. The van der Waals surface area contributed by atoms with Gasteiger partial charge in [-0.1, -0.05) is 37.3 Å². The Kier molecular flexibility index (Phi) is 15.9. The summed E-state index contributed by atoms with van der Waals surface area (Å²) in [6, 6.07) is 8.23. The monoisotopic (exact) mass is 440 g/mol. The third-order valence-corrected chi connectivity index (χ3v) is 3.74. The summed E-state index contributed by atoms with van der Waals surface area (Å²) < 4.78 is 31.1. The van der Waals surface area contributed by atoms with Gasteiger partial charge in [0.05, 0.1) is 52.9 Å². The van der Waals surface area contributed by atoms with E-state index in [1.165, 1.54) is 0 Å². The third kappa shape index (κ3) is 14.3. The molecule has 0 heterocycles. The van der Waals surface area contributed by atoms with Crippen LogP contribution in [0.1, 0.15) is 30.1 Å². The molecule has 0 aliphatic carbocycles. The van der Waals surface area contributed by atoms with E-state index < -0.39 is 11.8 Å². The summed E-state index contributed by atoms with van der Waals surface area (Å²) in [5.41, 5.74) is 0.295. The van der Waals surface area contributed by atoms with E-state index in [1.807, 2.05) is 6.92 Å². The molecule has 1 rings (SSSR count). The van der Waals surface area contributed by atoms with Crippen molar-refractivity contribution in [3.05, 3.63) is 35.9 Å². The number of benzene rings is 1. The van der Waals surface area contributed by atoms with Gasteiger partial charge in [0.25, 0.3) is 5.78 Å². The van der Waals surface area contributed by atoms with Crippen LogP contribution in [0.15, 0.2) is 30.3 Å². The molecule has 9 nitrogen and oxygen atoms in total. The number of esters is 2. The Hall–Kier alpha value is -2.33. The fraction of sp³-hybridized carbons (Fsp3) is 0.591. The maximum absolute atomic E-state index is 11.8. The van der Waals surface area contributed by atoms with Gasteiger partial charge in [-0.15, -0.1) is 0 Å². The van der Waals surface area contributed by atoms with Gasteiger partial charge in [0.15, 0.2) is 0 Å². The molecule has 0 amide bonds. The fourth-order valence-corrected chi connectivity index (χ4v) is 2.22. The highest BCUT2D eigenvalue weighted by molar-refractivity contribution is 6.40. The van der Waals surface area contributed by atoms with Crippen molar-refractivity contribution >= 4 is 17.7 Å². The molecule has 0 aliphatic rings. The number of carbonyl (C=O) groups excluding carboxylic acids is 3. The Bertz CT molecular complexity index is 619. The second kappa shape index (κ2) is 18.4. The van der Waals surface area contributed by atoms with Gasteiger partial charge in [0.1, 0.15) is 13.2 Å². The van der Waals surface area contributed by atoms with Crippen LogP contribution in [-0.2, 0) is 38.0 Å². The number of Topliss-reactive ketones (excluding diaryl/α,β-unsaturated/α-hetero) is 1. The lowest BCUT2D eigenvalue weighted by Gasteiger charge is -2.08. The van der Waals surface area contributed by atoms with Crippen molar-refractivity contribution in [2.24, 2.45) is 0 Å². The number of rotatable bonds is 19. The molecule has 0 bridgehead atoms. The molecule has 174 valence electrons. The average Bonchev–Trinajstić information content (AvgIpc) is 2.78. The van der Waals surface area contributed by atoms with Crippen molar-refractivity contribution in [1.82, 2.24) is 0 Å². The highest BCUT2D eigenvalue weighted by Gasteiger charge is 2.16. The molecule has 0 saturated carbocycles. The predicted octanol–water partition coefficient (Wildman–Crippen LogP) is 1.82. The minimum Gasteiger partial charge on any atom is -0.463 e. The lowest BCUT2D eigenvalue weighted by atomic mass is 10.1. The van der Waals surface area contributed by atoms with Crippen LogP contribution in [0.5, 0.6) is 0 Å². The maximum Gasteiger partial charge on any atom is 0.379 e. The zero-order valence-electron chi connectivity index (χ0n) is 18.0. The minimum absolute atomic E-state index is 0.00166. The molecule has 0 radical (unpaired) electrons. The van der Waals surface area contributed by atoms with Crippen LogP contribution in [0.25, 0.3) is 0 Å². The third-order valence-electron chi connectivity index (χ3n) is 3.74. The quantitative estimate of drug-likeness (QED) is 0.138. The van der Waals surface area contributed by atoms with Crippen molar-refractivity contribution in [1.29, 1.82) is 0 Å². The largest absolute Gasteiger partial charge is 0.463 e. The Labute approximate surface area is 182 Å². The van der Waals surface area contributed by atoms with Gasteiger partial charge in [-0.2, -0.15) is 0 Å². The first-order chi connectivity index (χ1) is 15.1. The molecule has 0 N–H and O–H groups in total. The van der Waals surface area contributed by atoms with E-state index in [0.29, 0.717) is 58.2 Å². The highest BCUT2D eigenvalue weighted by atomic mass is 16.6. The smallest absolute Gasteiger partial charge is 0.379 e. The lowest BCUT2D eigenvalue weighted by molar-refractivity contribution is -0.145. The first-order valence-electron chi connectivity index (χ1n) is 10.4. The SMILES string of the molecule is CCCC(=O)OCCOCCOCCOCCOCCOC(=O)C(=O)c1ccccc1. The number of carbonyl (C=O) groups is 3. The summed E-state index contributed by atoms with van der Waals surface area (Å²) in [6.07, 6.45) is 1.20. The molecular weight excluding hydrogens is 408 g/mol. The normalized spacial score (nSPS) is 10.6. The van der Waals surface area contributed by atoms with E-state index in [2.05, 4.69) is 0 Å². The minimum atomic E-state index is -0.898. The van der Waals surface area contributed by atoms with Gasteiger partial charge < -0.3 is 28.4 Å². The van der Waals surface area contributed by atoms with Crippen molar-refractivity contribution < 1.29 is 42.8 Å². The first kappa shape index (κ1) is 26.7. The lowest BCUT2D eigenvalue weighted by Crippen LogP contribution is -2.20. The van der Waals surface area contributed by atoms with Crippen molar-refractivity contribution in [3.8, 4) is 0 Å². The van der Waals surface area contributed by atoms with Crippen LogP contribution < -0.4 is 0 Å². The Morgan fingerprint density at radius 2 is 1.10 bits per heavy atom. The Balaban J connectivity index is 1.81. The fourth-order valence-electron chi connectivity index (χ4n) is 2.22. The van der Waals surface area contributed by atoms with Crippen LogP contribution in [0.4, 0.5) is 0 Å². The molecule has 0 fully saturated rings. The van der Waals surface area contributed by atoms with E-state index in [4.69, 9.17) is 28.4 Å². The summed E-state index contributed by atoms with van der Waals surface area (Å²) in [4.78, 5) is 34.6. The predicted molar refractivity (Wildman–Crippen MR) is 111 cm³/mol. The molecule has 0 saturated heterocycles. The number of ketones is 1. The van der Waals surface area contributed by atoms with Crippen molar-refractivity contribution in [3.63, 3.8) is 0 Å². The van der Waals surface area contributed by atoms with Crippen LogP contribution in [-0.4, -0.2) is 83.8 Å². The van der Waals surface area contributed by atoms with Gasteiger partial charge in [-0.3, -0.25) is 9.59 Å². The standard InChI is InChI=1S/C22H32O9/c1-2-6-20(23)30-17-15-28-13-11-26-9-10-27-12-14-29-16-18-31-22(25)21(24)19-7-4-3-5-8-19/h3-5,7-8H,2,6,9-18H2,1H3. The molecule has 31 heavy (non-hydrogen) atoms. The summed E-state index contributed by atoms with van der Waals surface area (Å²) in [7, 11) is 0. The zero-order chi connectivity index (χ0) is 22.6. The summed E-state index contributed by atoms with van der Waals surface area (Å²) in [5.74, 6) is -1.78. The van der Waals surface area contributed by atoms with E-state index in [9.17, 15) is 14.4 Å². The highest BCUT2D eigenvalue weighted by Crippen LogP contribution is 2.01. The topological polar surface area (TPSA) is 107 Å². The van der Waals surface area contributed by atoms with Crippen molar-refractivity contribution in [2.45, 2.75) is 19.8 Å². The van der Waals surface area contributed by atoms with E-state index >= 15 is 0 Å². The summed E-state index contributed by atoms with van der Waals surface area (Å²) >= 11 is 0. The van der Waals surface area contributed by atoms with Gasteiger partial charge >= 0.3 is 11.9 Å². The zero-order valence-corrected chi connectivity index (χ0v) is 18.0. The van der Waals surface area contributed by atoms with Gasteiger partial charge in [0.2, 0.25) is 0 Å². The molecule has 0 atom stereocenters. The van der Waals surface area contributed by atoms with Crippen LogP contribution in [0.2, 0.25) is 0 Å². The molecule has 0 aliphatic heterocycles. The summed E-state index contributed by atoms with van der Waals surface area (Å²) in [6.45, 7) is 5.10. The maximum atomic E-state index is 11.8. The first-order valence-corrected chi connectivity index (χ1v) is 10.4. The van der Waals surface area contributed by atoms with Crippen molar-refractivity contribution in [2.75, 3.05) is 66.1 Å². The van der Waals surface area contributed by atoms with Gasteiger partial charge in [-0.25, -0.2) is 4.79 Å². The van der Waals surface area contributed by atoms with E-state index in [0.717, 1.165) is 6.42 Å². The second-order valence-electron chi connectivity index (χ2n) is 6.25. The van der Waals surface area contributed by atoms with Gasteiger partial charge in [0, 0.05) is 12.0 Å². The molecule has 1 aromatic rings. The molecule has 1 aromatic carbocycles. The Morgan fingerprint density at radius 1 is 0.645 bits per heavy atom. The van der Waals surface area contributed by atoms with Gasteiger partial charge in [-0.05, 0) is 6.42 Å². The molecule has 0 spiro atoms. The molecular formula is C22H32O9. The Morgan fingerprint density at radius 3 is 1.58 bits per heavy atom. The average molecular weight is 440 g/mol. The van der Waals surface area contributed by atoms with E-state index in [1.54, 1.807) is 30.3 Å². The number of ether oxygens (including phenoxy) is 6. The van der Waals surface area contributed by atoms with Crippen LogP contribution in [0, 0.1) is 0 Å². The number of hydrogen-bond donors (Lipinski definition) is 0. The summed E-state index contributed by atoms with van der Waals surface area (Å²) in [5, 5.41) is 0. The van der Waals surface area contributed by atoms with Crippen LogP contribution in [0.3, 0.4) is 0 Å².